The van der Waals surface area contributed by atoms with Crippen LogP contribution < -0.4 is 0 Å². The molecule has 0 atom stereocenters. The molecule has 0 saturated heterocycles. The molecule has 29 heavy (non-hydrogen) atoms. The third kappa shape index (κ3) is 18.6. The maximum atomic E-state index is 5.97. The van der Waals surface area contributed by atoms with Gasteiger partial charge in [0.15, 0.2) is 0 Å². The first-order valence-electron chi connectivity index (χ1n) is 13.3. The summed E-state index contributed by atoms with van der Waals surface area (Å²) in [5, 5.41) is 0. The van der Waals surface area contributed by atoms with Crippen LogP contribution in [0.15, 0.2) is 0 Å². The van der Waals surface area contributed by atoms with Crippen molar-refractivity contribution in [3.63, 3.8) is 0 Å². The number of hydrogen-bond donors (Lipinski definition) is 0. The van der Waals surface area contributed by atoms with E-state index in [0.29, 0.717) is 0 Å². The molecular weight excluding hydrogens is 372 g/mol. The molecule has 0 fully saturated rings. The highest BCUT2D eigenvalue weighted by molar-refractivity contribution is 6.67. The van der Waals surface area contributed by atoms with E-state index in [-0.39, 0.29) is 0 Å². The molecule has 0 N–H and O–H groups in total. The van der Waals surface area contributed by atoms with Crippen LogP contribution in [0.25, 0.3) is 0 Å². The zero-order valence-corrected chi connectivity index (χ0v) is 21.9. The highest BCUT2D eigenvalue weighted by Gasteiger charge is 2.33. The normalized spacial score (nSPS) is 12.0. The fourth-order valence-corrected chi connectivity index (χ4v) is 7.19. The highest BCUT2D eigenvalue weighted by atomic mass is 28.4. The Hall–Kier alpha value is 0.137. The van der Waals surface area contributed by atoms with Crippen molar-refractivity contribution in [2.24, 2.45) is 0 Å². The molecule has 3 heteroatoms. The molecule has 0 aromatic heterocycles. The number of hydrogen-bond acceptors (Lipinski definition) is 2. The Labute approximate surface area is 186 Å². The Kier molecular flexibility index (Phi) is 22.9. The van der Waals surface area contributed by atoms with E-state index < -0.39 is 8.56 Å². The van der Waals surface area contributed by atoms with Crippen LogP contribution in [0.2, 0.25) is 12.1 Å². The summed E-state index contributed by atoms with van der Waals surface area (Å²) in [5.41, 5.74) is 0. The van der Waals surface area contributed by atoms with Gasteiger partial charge >= 0.3 is 8.56 Å². The number of rotatable bonds is 24. The van der Waals surface area contributed by atoms with Gasteiger partial charge in [-0.05, 0) is 12.1 Å². The van der Waals surface area contributed by atoms with E-state index in [2.05, 4.69) is 13.8 Å². The second-order valence-corrected chi connectivity index (χ2v) is 12.8. The summed E-state index contributed by atoms with van der Waals surface area (Å²) in [4.78, 5) is 0. The Balaban J connectivity index is 3.63. The first-order valence-corrected chi connectivity index (χ1v) is 15.6. The molecule has 0 bridgehead atoms. The van der Waals surface area contributed by atoms with Crippen LogP contribution in [0.1, 0.15) is 142 Å². The first kappa shape index (κ1) is 29.1. The molecule has 0 unspecified atom stereocenters. The largest absolute Gasteiger partial charge is 0.398 e. The monoisotopic (exact) mass is 428 g/mol. The van der Waals surface area contributed by atoms with Crippen molar-refractivity contribution in [2.75, 3.05) is 14.2 Å². The lowest BCUT2D eigenvalue weighted by Crippen LogP contribution is -2.39. The van der Waals surface area contributed by atoms with E-state index in [1.54, 1.807) is 0 Å². The Morgan fingerprint density at radius 1 is 0.379 bits per heavy atom. The number of unbranched alkanes of at least 4 members (excludes halogenated alkanes) is 18. The summed E-state index contributed by atoms with van der Waals surface area (Å²) in [7, 11) is 1.86. The van der Waals surface area contributed by atoms with Gasteiger partial charge in [0.25, 0.3) is 0 Å². The highest BCUT2D eigenvalue weighted by Crippen LogP contribution is 2.25. The second-order valence-electron chi connectivity index (χ2n) is 9.18. The summed E-state index contributed by atoms with van der Waals surface area (Å²) >= 11 is 0. The van der Waals surface area contributed by atoms with Crippen molar-refractivity contribution in [1.29, 1.82) is 0 Å². The minimum atomic E-state index is -1.92. The molecular formula is C26H56O2Si. The van der Waals surface area contributed by atoms with E-state index in [0.717, 1.165) is 0 Å². The molecule has 0 saturated carbocycles. The molecule has 0 aliphatic rings. The Bertz CT molecular complexity index is 305. The van der Waals surface area contributed by atoms with Crippen molar-refractivity contribution >= 4 is 8.56 Å². The molecule has 0 rings (SSSR count). The van der Waals surface area contributed by atoms with Crippen molar-refractivity contribution in [1.82, 2.24) is 0 Å². The summed E-state index contributed by atoms with van der Waals surface area (Å²) < 4.78 is 11.9. The van der Waals surface area contributed by atoms with E-state index in [1.807, 2.05) is 14.2 Å². The van der Waals surface area contributed by atoms with Crippen LogP contribution in [-0.2, 0) is 8.85 Å². The minimum Gasteiger partial charge on any atom is -0.398 e. The Morgan fingerprint density at radius 2 is 0.621 bits per heavy atom. The molecule has 0 radical (unpaired) electrons. The van der Waals surface area contributed by atoms with E-state index in [4.69, 9.17) is 8.85 Å². The molecule has 0 spiro atoms. The molecule has 0 aliphatic heterocycles. The van der Waals surface area contributed by atoms with Crippen LogP contribution in [-0.4, -0.2) is 22.8 Å². The first-order chi connectivity index (χ1) is 14.2. The quantitative estimate of drug-likeness (QED) is 0.112. The van der Waals surface area contributed by atoms with Crippen LogP contribution in [0.4, 0.5) is 0 Å². The zero-order chi connectivity index (χ0) is 21.5. The van der Waals surface area contributed by atoms with Crippen LogP contribution >= 0.6 is 0 Å². The van der Waals surface area contributed by atoms with Crippen molar-refractivity contribution in [3.8, 4) is 0 Å². The standard InChI is InChI=1S/C26H56O2Si/c1-5-7-9-11-13-15-16-18-20-22-24-26-29(27-3,28-4)25-23-21-19-17-14-12-10-8-6-2/h5-26H2,1-4H3. The summed E-state index contributed by atoms with van der Waals surface area (Å²) in [5.74, 6) is 0. The SMILES string of the molecule is CCCCCCCCCCCCC[Si](CCCCCCCCCCC)(OC)OC. The Morgan fingerprint density at radius 3 is 0.862 bits per heavy atom. The maximum Gasteiger partial charge on any atom is 0.337 e. The van der Waals surface area contributed by atoms with Gasteiger partial charge in [-0.25, -0.2) is 0 Å². The van der Waals surface area contributed by atoms with Crippen molar-refractivity contribution in [3.05, 3.63) is 0 Å². The molecule has 0 aliphatic carbocycles. The van der Waals surface area contributed by atoms with Gasteiger partial charge in [0.2, 0.25) is 0 Å². The lowest BCUT2D eigenvalue weighted by Gasteiger charge is -2.27. The average Bonchev–Trinajstić information content (AvgIpc) is 2.75. The van der Waals surface area contributed by atoms with Gasteiger partial charge in [0, 0.05) is 14.2 Å². The molecule has 0 amide bonds. The molecule has 2 nitrogen and oxygen atoms in total. The zero-order valence-electron chi connectivity index (χ0n) is 20.9. The minimum absolute atomic E-state index is 1.19. The summed E-state index contributed by atoms with van der Waals surface area (Å²) in [6.45, 7) is 4.58. The van der Waals surface area contributed by atoms with E-state index >= 15 is 0 Å². The van der Waals surface area contributed by atoms with Crippen LogP contribution in [0.3, 0.4) is 0 Å². The van der Waals surface area contributed by atoms with Gasteiger partial charge in [0.05, 0.1) is 0 Å². The van der Waals surface area contributed by atoms with Gasteiger partial charge in [0.1, 0.15) is 0 Å². The van der Waals surface area contributed by atoms with Crippen molar-refractivity contribution < 1.29 is 8.85 Å². The van der Waals surface area contributed by atoms with Crippen LogP contribution in [0.5, 0.6) is 0 Å². The predicted octanol–water partition coefficient (Wildman–Crippen LogP) is 9.56. The van der Waals surface area contributed by atoms with Gasteiger partial charge in [-0.3, -0.25) is 0 Å². The predicted molar refractivity (Wildman–Crippen MR) is 133 cm³/mol. The summed E-state index contributed by atoms with van der Waals surface area (Å²) in [6.07, 6.45) is 27.9. The van der Waals surface area contributed by atoms with Crippen LogP contribution in [0, 0.1) is 0 Å². The molecule has 0 aromatic carbocycles. The smallest absolute Gasteiger partial charge is 0.337 e. The van der Waals surface area contributed by atoms with Gasteiger partial charge in [-0.15, -0.1) is 0 Å². The van der Waals surface area contributed by atoms with Gasteiger partial charge in [-0.2, -0.15) is 0 Å². The molecule has 0 aromatic rings. The fraction of sp³-hybridized carbons (Fsp3) is 1.00. The van der Waals surface area contributed by atoms with E-state index in [1.165, 1.54) is 141 Å². The lowest BCUT2D eigenvalue weighted by molar-refractivity contribution is 0.238. The fourth-order valence-electron chi connectivity index (χ4n) is 4.38. The second kappa shape index (κ2) is 22.8. The summed E-state index contributed by atoms with van der Waals surface area (Å²) in [6, 6.07) is 2.38. The third-order valence-corrected chi connectivity index (χ3v) is 10.3. The average molecular weight is 429 g/mol. The van der Waals surface area contributed by atoms with Crippen molar-refractivity contribution in [2.45, 2.75) is 154 Å². The maximum absolute atomic E-state index is 5.97. The third-order valence-electron chi connectivity index (χ3n) is 6.57. The lowest BCUT2D eigenvalue weighted by atomic mass is 10.1. The van der Waals surface area contributed by atoms with Gasteiger partial charge < -0.3 is 8.85 Å². The molecule has 176 valence electrons. The molecule has 0 heterocycles. The topological polar surface area (TPSA) is 18.5 Å². The van der Waals surface area contributed by atoms with E-state index in [9.17, 15) is 0 Å². The van der Waals surface area contributed by atoms with Gasteiger partial charge in [-0.1, -0.05) is 142 Å².